The molecule has 0 amide bonds. The Morgan fingerprint density at radius 2 is 2.00 bits per heavy atom. The summed E-state index contributed by atoms with van der Waals surface area (Å²) in [4.78, 5) is -0.194. The molecule has 0 spiro atoms. The van der Waals surface area contributed by atoms with Crippen molar-refractivity contribution < 1.29 is 13.5 Å². The van der Waals surface area contributed by atoms with Gasteiger partial charge in [0.2, 0.25) is 0 Å². The van der Waals surface area contributed by atoms with Gasteiger partial charge in [-0.1, -0.05) is 23.2 Å². The molecule has 1 aromatic carbocycles. The number of hydrogen-bond donors (Lipinski definition) is 3. The SMILES string of the molecule is Cc1n[nH]c(C)c1NS(=O)(=O)c1cc(Cl)cc(CO)c1Cl. The van der Waals surface area contributed by atoms with Gasteiger partial charge < -0.3 is 5.11 Å². The van der Waals surface area contributed by atoms with Gasteiger partial charge in [0.25, 0.3) is 10.0 Å². The molecular weight excluding hydrogens is 337 g/mol. The molecule has 0 saturated carbocycles. The maximum absolute atomic E-state index is 12.5. The summed E-state index contributed by atoms with van der Waals surface area (Å²) in [6.07, 6.45) is 0. The largest absolute Gasteiger partial charge is 0.392 e. The molecule has 2 rings (SSSR count). The molecular formula is C12H13Cl2N3O3S. The lowest BCUT2D eigenvalue weighted by atomic mass is 10.2. The van der Waals surface area contributed by atoms with Crippen molar-refractivity contribution in [3.05, 3.63) is 39.1 Å². The minimum Gasteiger partial charge on any atom is -0.392 e. The van der Waals surface area contributed by atoms with E-state index in [1.165, 1.54) is 12.1 Å². The highest BCUT2D eigenvalue weighted by molar-refractivity contribution is 7.92. The van der Waals surface area contributed by atoms with Crippen molar-refractivity contribution in [1.29, 1.82) is 0 Å². The number of aromatic amines is 1. The van der Waals surface area contributed by atoms with Crippen LogP contribution in [-0.4, -0.2) is 23.7 Å². The van der Waals surface area contributed by atoms with Crippen molar-refractivity contribution in [2.45, 2.75) is 25.3 Å². The zero-order valence-electron chi connectivity index (χ0n) is 11.2. The van der Waals surface area contributed by atoms with E-state index in [0.717, 1.165) is 0 Å². The minimum atomic E-state index is -3.95. The van der Waals surface area contributed by atoms with Gasteiger partial charge in [0.15, 0.2) is 0 Å². The van der Waals surface area contributed by atoms with Crippen molar-refractivity contribution in [2.24, 2.45) is 0 Å². The number of sulfonamides is 1. The lowest BCUT2D eigenvalue weighted by Crippen LogP contribution is -2.15. The van der Waals surface area contributed by atoms with Crippen LogP contribution in [0.3, 0.4) is 0 Å². The van der Waals surface area contributed by atoms with E-state index in [1.54, 1.807) is 13.8 Å². The molecule has 2 aromatic rings. The van der Waals surface area contributed by atoms with Crippen LogP contribution < -0.4 is 4.72 Å². The number of aliphatic hydroxyl groups excluding tert-OH is 1. The summed E-state index contributed by atoms with van der Waals surface area (Å²) in [5.41, 5.74) is 1.69. The van der Waals surface area contributed by atoms with Gasteiger partial charge in [-0.05, 0) is 31.5 Å². The molecule has 3 N–H and O–H groups in total. The maximum Gasteiger partial charge on any atom is 0.263 e. The first-order valence-electron chi connectivity index (χ1n) is 5.89. The topological polar surface area (TPSA) is 95.1 Å². The van der Waals surface area contributed by atoms with Gasteiger partial charge in [-0.2, -0.15) is 5.10 Å². The Labute approximate surface area is 132 Å². The second-order valence-electron chi connectivity index (χ2n) is 4.45. The van der Waals surface area contributed by atoms with Crippen LogP contribution in [0.25, 0.3) is 0 Å². The quantitative estimate of drug-likeness (QED) is 0.790. The van der Waals surface area contributed by atoms with Crippen LogP contribution >= 0.6 is 23.2 Å². The Balaban J connectivity index is 2.53. The zero-order valence-corrected chi connectivity index (χ0v) is 13.6. The summed E-state index contributed by atoms with van der Waals surface area (Å²) in [6, 6.07) is 2.65. The molecule has 6 nitrogen and oxygen atoms in total. The van der Waals surface area contributed by atoms with Gasteiger partial charge in [-0.25, -0.2) is 8.42 Å². The van der Waals surface area contributed by atoms with Crippen LogP contribution in [0.15, 0.2) is 17.0 Å². The number of anilines is 1. The monoisotopic (exact) mass is 349 g/mol. The molecule has 0 aliphatic rings. The average molecular weight is 350 g/mol. The van der Waals surface area contributed by atoms with Crippen molar-refractivity contribution in [1.82, 2.24) is 10.2 Å². The third-order valence-corrected chi connectivity index (χ3v) is 5.05. The lowest BCUT2D eigenvalue weighted by Gasteiger charge is -2.12. The average Bonchev–Trinajstić information content (AvgIpc) is 2.72. The van der Waals surface area contributed by atoms with E-state index in [2.05, 4.69) is 14.9 Å². The summed E-state index contributed by atoms with van der Waals surface area (Å²) in [6.45, 7) is 2.95. The van der Waals surface area contributed by atoms with E-state index in [-0.39, 0.29) is 20.5 Å². The van der Waals surface area contributed by atoms with E-state index in [1.807, 2.05) is 0 Å². The molecule has 0 bridgehead atoms. The number of benzene rings is 1. The Bertz CT molecular complexity index is 768. The number of aliphatic hydroxyl groups is 1. The number of rotatable bonds is 4. The summed E-state index contributed by atoms with van der Waals surface area (Å²) >= 11 is 11.9. The van der Waals surface area contributed by atoms with Gasteiger partial charge >= 0.3 is 0 Å². The Hall–Kier alpha value is -1.28. The molecule has 0 unspecified atom stereocenters. The van der Waals surface area contributed by atoms with E-state index in [0.29, 0.717) is 17.1 Å². The molecule has 21 heavy (non-hydrogen) atoms. The molecule has 114 valence electrons. The van der Waals surface area contributed by atoms with E-state index < -0.39 is 16.6 Å². The fourth-order valence-electron chi connectivity index (χ4n) is 1.82. The highest BCUT2D eigenvalue weighted by atomic mass is 35.5. The number of aryl methyl sites for hydroxylation is 2. The van der Waals surface area contributed by atoms with Crippen molar-refractivity contribution in [2.75, 3.05) is 4.72 Å². The fraction of sp³-hybridized carbons (Fsp3) is 0.250. The summed E-state index contributed by atoms with van der Waals surface area (Å²) in [5.74, 6) is 0. The van der Waals surface area contributed by atoms with Gasteiger partial charge in [-0.15, -0.1) is 0 Å². The van der Waals surface area contributed by atoms with Gasteiger partial charge in [-0.3, -0.25) is 9.82 Å². The Morgan fingerprint density at radius 1 is 1.33 bits per heavy atom. The molecule has 0 fully saturated rings. The smallest absolute Gasteiger partial charge is 0.263 e. The fourth-order valence-corrected chi connectivity index (χ4v) is 3.93. The van der Waals surface area contributed by atoms with Crippen molar-refractivity contribution in [3.63, 3.8) is 0 Å². The van der Waals surface area contributed by atoms with Crippen LogP contribution in [0, 0.1) is 13.8 Å². The first kappa shape index (κ1) is 16.1. The van der Waals surface area contributed by atoms with Crippen LogP contribution in [0.5, 0.6) is 0 Å². The second-order valence-corrected chi connectivity index (χ2v) is 6.91. The number of H-pyrrole nitrogens is 1. The minimum absolute atomic E-state index is 0.0619. The normalized spacial score (nSPS) is 11.7. The Kier molecular flexibility index (Phi) is 4.48. The van der Waals surface area contributed by atoms with E-state index in [4.69, 9.17) is 23.2 Å². The van der Waals surface area contributed by atoms with E-state index >= 15 is 0 Å². The summed E-state index contributed by atoms with van der Waals surface area (Å²) < 4.78 is 27.4. The first-order valence-corrected chi connectivity index (χ1v) is 8.13. The molecule has 0 saturated heterocycles. The zero-order chi connectivity index (χ0) is 15.8. The van der Waals surface area contributed by atoms with Crippen LogP contribution in [-0.2, 0) is 16.6 Å². The summed E-state index contributed by atoms with van der Waals surface area (Å²) in [5, 5.41) is 15.9. The number of halogens is 2. The van der Waals surface area contributed by atoms with Crippen LogP contribution in [0.1, 0.15) is 17.0 Å². The Morgan fingerprint density at radius 3 is 2.52 bits per heavy atom. The highest BCUT2D eigenvalue weighted by Crippen LogP contribution is 2.31. The highest BCUT2D eigenvalue weighted by Gasteiger charge is 2.23. The number of nitrogens with zero attached hydrogens (tertiary/aromatic N) is 1. The van der Waals surface area contributed by atoms with Crippen molar-refractivity contribution >= 4 is 38.9 Å². The second kappa shape index (κ2) is 5.84. The van der Waals surface area contributed by atoms with Crippen LogP contribution in [0.4, 0.5) is 5.69 Å². The molecule has 0 atom stereocenters. The van der Waals surface area contributed by atoms with Crippen molar-refractivity contribution in [3.8, 4) is 0 Å². The molecule has 0 aliphatic carbocycles. The third-order valence-electron chi connectivity index (χ3n) is 2.90. The first-order chi connectivity index (χ1) is 9.76. The van der Waals surface area contributed by atoms with Gasteiger partial charge in [0, 0.05) is 5.02 Å². The number of hydrogen-bond acceptors (Lipinski definition) is 4. The molecule has 9 heteroatoms. The third kappa shape index (κ3) is 3.16. The maximum atomic E-state index is 12.5. The predicted octanol–water partition coefficient (Wildman–Crippen LogP) is 2.63. The number of nitrogens with one attached hydrogen (secondary N) is 2. The molecule has 0 radical (unpaired) electrons. The lowest BCUT2D eigenvalue weighted by molar-refractivity contribution is 0.281. The standard InChI is InChI=1S/C12H13Cl2N3O3S/c1-6-12(7(2)16-15-6)17-21(19,20)10-4-9(13)3-8(5-18)11(10)14/h3-4,17-18H,5H2,1-2H3,(H,15,16). The van der Waals surface area contributed by atoms with E-state index in [9.17, 15) is 13.5 Å². The molecule has 0 aliphatic heterocycles. The van der Waals surface area contributed by atoms with Gasteiger partial charge in [0.1, 0.15) is 4.90 Å². The molecule has 1 aromatic heterocycles. The molecule has 1 heterocycles. The summed E-state index contributed by atoms with van der Waals surface area (Å²) in [7, 11) is -3.95. The predicted molar refractivity (Wildman–Crippen MR) is 81.3 cm³/mol. The van der Waals surface area contributed by atoms with Gasteiger partial charge in [0.05, 0.1) is 28.7 Å². The van der Waals surface area contributed by atoms with Crippen LogP contribution in [0.2, 0.25) is 10.0 Å². The number of aromatic nitrogens is 2.